The molecule has 0 radical (unpaired) electrons. The van der Waals surface area contributed by atoms with Crippen molar-refractivity contribution in [3.8, 4) is 23.3 Å². The lowest BCUT2D eigenvalue weighted by molar-refractivity contribution is -0.136. The van der Waals surface area contributed by atoms with Crippen LogP contribution in [0, 0.1) is 11.3 Å². The number of aromatic hydroxyl groups is 1. The number of methoxy groups -OCH3 is 1. The van der Waals surface area contributed by atoms with E-state index in [9.17, 15) is 15.2 Å². The van der Waals surface area contributed by atoms with Gasteiger partial charge in [-0.1, -0.05) is 36.4 Å². The second-order valence-electron chi connectivity index (χ2n) is 7.15. The van der Waals surface area contributed by atoms with Crippen molar-refractivity contribution in [2.75, 3.05) is 7.11 Å². The zero-order valence-corrected chi connectivity index (χ0v) is 17.2. The van der Waals surface area contributed by atoms with E-state index in [0.29, 0.717) is 22.6 Å². The minimum Gasteiger partial charge on any atom is -0.508 e. The molecule has 7 nitrogen and oxygen atoms in total. The molecular formula is C25H20N2O5. The minimum atomic E-state index is -0.598. The number of fused-ring (bicyclic) bond motifs is 1. The van der Waals surface area contributed by atoms with Crippen LogP contribution >= 0.6 is 0 Å². The Hall–Kier alpha value is -4.44. The Labute approximate surface area is 184 Å². The van der Waals surface area contributed by atoms with E-state index < -0.39 is 11.9 Å². The molecule has 160 valence electrons. The van der Waals surface area contributed by atoms with Crippen molar-refractivity contribution < 1.29 is 24.1 Å². The largest absolute Gasteiger partial charge is 0.508 e. The van der Waals surface area contributed by atoms with Gasteiger partial charge < -0.3 is 25.1 Å². The fourth-order valence-corrected chi connectivity index (χ4v) is 3.67. The van der Waals surface area contributed by atoms with Gasteiger partial charge >= 0.3 is 5.97 Å². The third kappa shape index (κ3) is 3.94. The molecule has 0 spiro atoms. The summed E-state index contributed by atoms with van der Waals surface area (Å²) in [6.07, 6.45) is 0. The zero-order chi connectivity index (χ0) is 22.7. The van der Waals surface area contributed by atoms with Crippen LogP contribution in [-0.4, -0.2) is 18.2 Å². The summed E-state index contributed by atoms with van der Waals surface area (Å²) >= 11 is 0. The SMILES string of the molecule is COC(=O)C1=C(N)Oc2cc(O)ccc2[C@@H]1c1ccc(OCc2ccccc2C#N)cc1. The molecule has 0 saturated carbocycles. The smallest absolute Gasteiger partial charge is 0.340 e. The standard InChI is InChI=1S/C25H20N2O5/c1-30-25(29)23-22(20-11-8-18(28)12-21(20)32-24(23)27)15-6-9-19(10-7-15)31-14-17-5-3-2-4-16(17)13-26/h2-12,22,28H,14,27H2,1H3/t22-/m0/s1. The molecule has 3 N–H and O–H groups in total. The lowest BCUT2D eigenvalue weighted by Gasteiger charge is -2.28. The molecule has 1 atom stereocenters. The summed E-state index contributed by atoms with van der Waals surface area (Å²) < 4.78 is 16.3. The molecule has 0 aromatic heterocycles. The number of carbonyl (C=O) groups excluding carboxylic acids is 1. The average molecular weight is 428 g/mol. The molecule has 3 aromatic rings. The molecule has 0 aliphatic carbocycles. The van der Waals surface area contributed by atoms with Gasteiger partial charge in [-0.15, -0.1) is 0 Å². The van der Waals surface area contributed by atoms with Gasteiger partial charge in [0.2, 0.25) is 5.88 Å². The van der Waals surface area contributed by atoms with E-state index in [2.05, 4.69) is 6.07 Å². The van der Waals surface area contributed by atoms with Crippen molar-refractivity contribution in [2.45, 2.75) is 12.5 Å². The van der Waals surface area contributed by atoms with Crippen LogP contribution in [-0.2, 0) is 16.1 Å². The van der Waals surface area contributed by atoms with Crippen LogP contribution in [0.3, 0.4) is 0 Å². The quantitative estimate of drug-likeness (QED) is 0.595. The Morgan fingerprint density at radius 3 is 2.62 bits per heavy atom. The molecule has 4 rings (SSSR count). The van der Waals surface area contributed by atoms with Crippen LogP contribution < -0.4 is 15.2 Å². The van der Waals surface area contributed by atoms with Gasteiger partial charge in [0.25, 0.3) is 0 Å². The van der Waals surface area contributed by atoms with Gasteiger partial charge in [-0.2, -0.15) is 5.26 Å². The van der Waals surface area contributed by atoms with Crippen molar-refractivity contribution in [1.82, 2.24) is 0 Å². The van der Waals surface area contributed by atoms with Crippen molar-refractivity contribution >= 4 is 5.97 Å². The molecule has 0 fully saturated rings. The third-order valence-electron chi connectivity index (χ3n) is 5.23. The van der Waals surface area contributed by atoms with Crippen LogP contribution in [0.4, 0.5) is 0 Å². The molecular weight excluding hydrogens is 408 g/mol. The Morgan fingerprint density at radius 2 is 1.91 bits per heavy atom. The summed E-state index contributed by atoms with van der Waals surface area (Å²) in [6, 6.07) is 21.3. The lowest BCUT2D eigenvalue weighted by Crippen LogP contribution is -2.26. The molecule has 32 heavy (non-hydrogen) atoms. The Morgan fingerprint density at radius 1 is 1.16 bits per heavy atom. The molecule has 1 aliphatic heterocycles. The van der Waals surface area contributed by atoms with Crippen LogP contribution in [0.5, 0.6) is 17.2 Å². The fraction of sp³-hybridized carbons (Fsp3) is 0.120. The van der Waals surface area contributed by atoms with Crippen LogP contribution in [0.2, 0.25) is 0 Å². The summed E-state index contributed by atoms with van der Waals surface area (Å²) in [5.41, 5.74) is 9.03. The highest BCUT2D eigenvalue weighted by atomic mass is 16.5. The maximum Gasteiger partial charge on any atom is 0.340 e. The van der Waals surface area contributed by atoms with Gasteiger partial charge in [0.1, 0.15) is 29.4 Å². The second kappa shape index (κ2) is 8.74. The number of hydrogen-bond acceptors (Lipinski definition) is 7. The predicted octanol–water partition coefficient (Wildman–Crippen LogP) is 3.71. The summed E-state index contributed by atoms with van der Waals surface area (Å²) in [5.74, 6) is -0.212. The first kappa shape index (κ1) is 20.8. The Balaban J connectivity index is 1.64. The molecule has 7 heteroatoms. The van der Waals surface area contributed by atoms with Crippen LogP contribution in [0.15, 0.2) is 78.2 Å². The maximum atomic E-state index is 12.5. The molecule has 0 saturated heterocycles. The molecule has 0 amide bonds. The number of nitrogens with zero attached hydrogens (tertiary/aromatic N) is 1. The van der Waals surface area contributed by atoms with Crippen molar-refractivity contribution in [3.05, 3.63) is 100 Å². The summed E-state index contributed by atoms with van der Waals surface area (Å²) in [5, 5.41) is 19.0. The fourth-order valence-electron chi connectivity index (χ4n) is 3.67. The number of hydrogen-bond donors (Lipinski definition) is 2. The first-order chi connectivity index (χ1) is 15.5. The molecule has 1 heterocycles. The number of ether oxygens (including phenoxy) is 3. The van der Waals surface area contributed by atoms with Gasteiger partial charge in [-0.25, -0.2) is 4.79 Å². The Kier molecular flexibility index (Phi) is 5.69. The normalized spacial score (nSPS) is 14.7. The highest BCUT2D eigenvalue weighted by Crippen LogP contribution is 2.44. The number of nitrogens with two attached hydrogens (primary N) is 1. The number of phenols is 1. The van der Waals surface area contributed by atoms with E-state index >= 15 is 0 Å². The van der Waals surface area contributed by atoms with Gasteiger partial charge in [-0.05, 0) is 29.8 Å². The van der Waals surface area contributed by atoms with E-state index in [0.717, 1.165) is 11.1 Å². The summed E-state index contributed by atoms with van der Waals surface area (Å²) in [7, 11) is 1.28. The van der Waals surface area contributed by atoms with Crippen molar-refractivity contribution in [2.24, 2.45) is 5.73 Å². The number of phenolic OH excluding ortho intramolecular Hbond substituents is 1. The van der Waals surface area contributed by atoms with Crippen LogP contribution in [0.1, 0.15) is 28.2 Å². The first-order valence-corrected chi connectivity index (χ1v) is 9.81. The van der Waals surface area contributed by atoms with Crippen LogP contribution in [0.25, 0.3) is 0 Å². The van der Waals surface area contributed by atoms with E-state index in [1.54, 1.807) is 30.3 Å². The van der Waals surface area contributed by atoms with Gasteiger partial charge in [-0.3, -0.25) is 0 Å². The highest BCUT2D eigenvalue weighted by Gasteiger charge is 2.35. The predicted molar refractivity (Wildman–Crippen MR) is 116 cm³/mol. The van der Waals surface area contributed by atoms with Gasteiger partial charge in [0, 0.05) is 17.2 Å². The summed E-state index contributed by atoms with van der Waals surface area (Å²) in [6.45, 7) is 0.253. The minimum absolute atomic E-state index is 0.0261. The highest BCUT2D eigenvalue weighted by molar-refractivity contribution is 5.92. The van der Waals surface area contributed by atoms with Crippen molar-refractivity contribution in [1.29, 1.82) is 5.26 Å². The van der Waals surface area contributed by atoms with E-state index in [4.69, 9.17) is 19.9 Å². The molecule has 0 bridgehead atoms. The second-order valence-corrected chi connectivity index (χ2v) is 7.15. The number of rotatable bonds is 5. The van der Waals surface area contributed by atoms with E-state index in [1.165, 1.54) is 19.2 Å². The van der Waals surface area contributed by atoms with Gasteiger partial charge in [0.05, 0.1) is 24.7 Å². The molecule has 0 unspecified atom stereocenters. The maximum absolute atomic E-state index is 12.5. The summed E-state index contributed by atoms with van der Waals surface area (Å²) in [4.78, 5) is 12.5. The Bertz CT molecular complexity index is 1240. The number of benzene rings is 3. The van der Waals surface area contributed by atoms with Crippen molar-refractivity contribution in [3.63, 3.8) is 0 Å². The number of carbonyl (C=O) groups is 1. The molecule has 3 aromatic carbocycles. The number of nitriles is 1. The first-order valence-electron chi connectivity index (χ1n) is 9.81. The van der Waals surface area contributed by atoms with Gasteiger partial charge in [0.15, 0.2) is 0 Å². The zero-order valence-electron chi connectivity index (χ0n) is 17.2. The average Bonchev–Trinajstić information content (AvgIpc) is 2.81. The number of esters is 1. The third-order valence-corrected chi connectivity index (χ3v) is 5.23. The molecule has 1 aliphatic rings. The monoisotopic (exact) mass is 428 g/mol. The van der Waals surface area contributed by atoms with E-state index in [1.807, 2.05) is 24.3 Å². The lowest BCUT2D eigenvalue weighted by atomic mass is 9.83. The van der Waals surface area contributed by atoms with E-state index in [-0.39, 0.29) is 23.8 Å². The topological polar surface area (TPSA) is 115 Å².